The average Bonchev–Trinajstić information content (AvgIpc) is 2.98. The van der Waals surface area contributed by atoms with Gasteiger partial charge >= 0.3 is 0 Å². The van der Waals surface area contributed by atoms with E-state index in [4.69, 9.17) is 5.11 Å². The number of hydrogen-bond acceptors (Lipinski definition) is 4. The lowest BCUT2D eigenvalue weighted by Crippen LogP contribution is -2.39. The number of H-pyrrole nitrogens is 1. The van der Waals surface area contributed by atoms with Crippen molar-refractivity contribution in [1.29, 1.82) is 0 Å². The summed E-state index contributed by atoms with van der Waals surface area (Å²) in [5.74, 6) is -0.133. The number of hydrogen-bond donors (Lipinski definition) is 3. The second-order valence-corrected chi connectivity index (χ2v) is 6.13. The van der Waals surface area contributed by atoms with Crippen LogP contribution in [0.5, 0.6) is 0 Å². The number of aromatic nitrogens is 3. The number of carbonyl (C=O) groups excluding carboxylic acids is 1. The largest absolute Gasteiger partial charge is 0.396 e. The molecule has 7 heteroatoms. The van der Waals surface area contributed by atoms with Crippen molar-refractivity contribution in [3.63, 3.8) is 0 Å². The predicted molar refractivity (Wildman–Crippen MR) is 91.1 cm³/mol. The molecule has 7 nitrogen and oxygen atoms in total. The summed E-state index contributed by atoms with van der Waals surface area (Å²) in [6.45, 7) is 3.96. The van der Waals surface area contributed by atoms with E-state index >= 15 is 0 Å². The fourth-order valence-electron chi connectivity index (χ4n) is 2.80. The highest BCUT2D eigenvalue weighted by Gasteiger charge is 2.20. The first-order valence-corrected chi connectivity index (χ1v) is 7.93. The molecule has 0 fully saturated rings. The summed E-state index contributed by atoms with van der Waals surface area (Å²) in [7, 11) is 0. The first-order valence-electron chi connectivity index (χ1n) is 7.93. The Morgan fingerprint density at radius 3 is 2.83 bits per heavy atom. The van der Waals surface area contributed by atoms with Crippen molar-refractivity contribution >= 4 is 22.5 Å². The van der Waals surface area contributed by atoms with Gasteiger partial charge in [-0.25, -0.2) is 4.52 Å². The van der Waals surface area contributed by atoms with Gasteiger partial charge in [0.05, 0.1) is 17.1 Å². The number of para-hydroxylation sites is 1. The Labute approximate surface area is 138 Å². The maximum absolute atomic E-state index is 12.6. The molecular formula is C17H20N4O3. The molecule has 2 heterocycles. The Bertz CT molecular complexity index is 942. The Hall–Kier alpha value is -2.67. The lowest BCUT2D eigenvalue weighted by molar-refractivity contribution is 0.0918. The maximum atomic E-state index is 12.6. The van der Waals surface area contributed by atoms with Crippen molar-refractivity contribution < 1.29 is 9.90 Å². The minimum Gasteiger partial charge on any atom is -0.396 e. The van der Waals surface area contributed by atoms with Crippen molar-refractivity contribution in [1.82, 2.24) is 19.9 Å². The van der Waals surface area contributed by atoms with Crippen molar-refractivity contribution in [3.05, 3.63) is 46.4 Å². The number of amides is 1. The van der Waals surface area contributed by atoms with Gasteiger partial charge in [0.25, 0.3) is 11.5 Å². The molecule has 24 heavy (non-hydrogen) atoms. The Morgan fingerprint density at radius 1 is 1.38 bits per heavy atom. The first kappa shape index (κ1) is 16.2. The monoisotopic (exact) mass is 328 g/mol. The molecule has 1 aromatic carbocycles. The van der Waals surface area contributed by atoms with Crippen LogP contribution in [0, 0.1) is 5.92 Å². The fraction of sp³-hybridized carbons (Fsp3) is 0.353. The van der Waals surface area contributed by atoms with Crippen molar-refractivity contribution in [3.8, 4) is 0 Å². The fourth-order valence-corrected chi connectivity index (χ4v) is 2.80. The zero-order valence-corrected chi connectivity index (χ0v) is 13.6. The summed E-state index contributed by atoms with van der Waals surface area (Å²) in [6.07, 6.45) is 1.92. The second-order valence-electron chi connectivity index (χ2n) is 6.13. The summed E-state index contributed by atoms with van der Waals surface area (Å²) in [5, 5.41) is 16.8. The van der Waals surface area contributed by atoms with E-state index < -0.39 is 0 Å². The van der Waals surface area contributed by atoms with Gasteiger partial charge in [0.15, 0.2) is 0 Å². The van der Waals surface area contributed by atoms with Crippen LogP contribution in [0.2, 0.25) is 0 Å². The maximum Gasteiger partial charge on any atom is 0.259 e. The van der Waals surface area contributed by atoms with Gasteiger partial charge in [-0.05, 0) is 24.5 Å². The molecular weight excluding hydrogens is 308 g/mol. The van der Waals surface area contributed by atoms with E-state index in [1.54, 1.807) is 22.7 Å². The number of nitrogens with zero attached hydrogens (tertiary/aromatic N) is 2. The lowest BCUT2D eigenvalue weighted by atomic mass is 10.0. The van der Waals surface area contributed by atoms with E-state index in [9.17, 15) is 9.59 Å². The highest BCUT2D eigenvalue weighted by atomic mass is 16.3. The van der Waals surface area contributed by atoms with Crippen LogP contribution >= 0.6 is 0 Å². The molecule has 0 aliphatic heterocycles. The first-order chi connectivity index (χ1) is 11.5. The van der Waals surface area contributed by atoms with Crippen LogP contribution < -0.4 is 10.9 Å². The van der Waals surface area contributed by atoms with Crippen molar-refractivity contribution in [2.24, 2.45) is 5.92 Å². The third kappa shape index (κ3) is 2.78. The topological polar surface area (TPSA) is 99.5 Å². The SMILES string of the molecule is CC(C)C(CCO)NC(=O)c1cnn2c1[nH]c(=O)c1ccccc12. The van der Waals surface area contributed by atoms with Crippen LogP contribution in [0.4, 0.5) is 0 Å². The smallest absolute Gasteiger partial charge is 0.259 e. The number of fused-ring (bicyclic) bond motifs is 3. The van der Waals surface area contributed by atoms with Crippen LogP contribution in [0.1, 0.15) is 30.6 Å². The van der Waals surface area contributed by atoms with Gasteiger partial charge in [-0.15, -0.1) is 0 Å². The molecule has 3 aromatic rings. The molecule has 0 spiro atoms. The Kier molecular flexibility index (Phi) is 4.35. The van der Waals surface area contributed by atoms with Gasteiger partial charge in [-0.2, -0.15) is 5.10 Å². The van der Waals surface area contributed by atoms with E-state index in [0.29, 0.717) is 28.5 Å². The number of aliphatic hydroxyl groups is 1. The molecule has 2 aromatic heterocycles. The van der Waals surface area contributed by atoms with Gasteiger partial charge in [0, 0.05) is 12.6 Å². The quantitative estimate of drug-likeness (QED) is 0.657. The van der Waals surface area contributed by atoms with Crippen LogP contribution in [-0.2, 0) is 0 Å². The third-order valence-corrected chi connectivity index (χ3v) is 4.18. The molecule has 0 radical (unpaired) electrons. The van der Waals surface area contributed by atoms with E-state index in [1.807, 2.05) is 19.9 Å². The predicted octanol–water partition coefficient (Wildman–Crippen LogP) is 1.31. The zero-order chi connectivity index (χ0) is 17.3. The summed E-state index contributed by atoms with van der Waals surface area (Å²) in [4.78, 5) is 27.6. The molecule has 0 saturated carbocycles. The number of benzene rings is 1. The van der Waals surface area contributed by atoms with Crippen LogP contribution in [0.3, 0.4) is 0 Å². The van der Waals surface area contributed by atoms with Gasteiger partial charge in [-0.3, -0.25) is 9.59 Å². The number of aliphatic hydroxyl groups excluding tert-OH is 1. The molecule has 0 bridgehead atoms. The molecule has 1 atom stereocenters. The Balaban J connectivity index is 2.04. The summed E-state index contributed by atoms with van der Waals surface area (Å²) >= 11 is 0. The average molecular weight is 328 g/mol. The highest BCUT2D eigenvalue weighted by Crippen LogP contribution is 2.15. The van der Waals surface area contributed by atoms with Crippen molar-refractivity contribution in [2.75, 3.05) is 6.61 Å². The molecule has 1 amide bonds. The number of nitrogens with one attached hydrogen (secondary N) is 2. The molecule has 0 saturated heterocycles. The van der Waals surface area contributed by atoms with Gasteiger partial charge in [0.1, 0.15) is 11.2 Å². The summed E-state index contributed by atoms with van der Waals surface area (Å²) in [6, 6.07) is 6.95. The number of carbonyl (C=O) groups is 1. The van der Waals surface area contributed by atoms with Crippen LogP contribution in [0.25, 0.3) is 16.6 Å². The van der Waals surface area contributed by atoms with E-state index in [-0.39, 0.29) is 30.0 Å². The zero-order valence-electron chi connectivity index (χ0n) is 13.6. The number of aromatic amines is 1. The minimum atomic E-state index is -0.317. The minimum absolute atomic E-state index is 0.000638. The van der Waals surface area contributed by atoms with Crippen molar-refractivity contribution in [2.45, 2.75) is 26.3 Å². The summed E-state index contributed by atoms with van der Waals surface area (Å²) < 4.78 is 1.56. The summed E-state index contributed by atoms with van der Waals surface area (Å²) in [5.41, 5.74) is 1.05. The second kappa shape index (κ2) is 6.45. The van der Waals surface area contributed by atoms with E-state index in [0.717, 1.165) is 0 Å². The van der Waals surface area contributed by atoms with Gasteiger partial charge < -0.3 is 15.4 Å². The molecule has 126 valence electrons. The molecule has 3 N–H and O–H groups in total. The third-order valence-electron chi connectivity index (χ3n) is 4.18. The number of rotatable bonds is 5. The molecule has 0 aliphatic rings. The highest BCUT2D eigenvalue weighted by molar-refractivity contribution is 6.00. The normalized spacial score (nSPS) is 12.8. The molecule has 3 rings (SSSR count). The van der Waals surface area contributed by atoms with Crippen LogP contribution in [0.15, 0.2) is 35.3 Å². The molecule has 0 aliphatic carbocycles. The van der Waals surface area contributed by atoms with Gasteiger partial charge in [0.2, 0.25) is 0 Å². The lowest BCUT2D eigenvalue weighted by Gasteiger charge is -2.21. The van der Waals surface area contributed by atoms with E-state index in [2.05, 4.69) is 15.4 Å². The molecule has 1 unspecified atom stereocenters. The van der Waals surface area contributed by atoms with Gasteiger partial charge in [-0.1, -0.05) is 26.0 Å². The van der Waals surface area contributed by atoms with E-state index in [1.165, 1.54) is 6.20 Å². The Morgan fingerprint density at radius 2 is 2.12 bits per heavy atom. The standard InChI is InChI=1S/C17H20N4O3/c1-10(2)13(7-8-22)19-17(24)12-9-18-21-14-6-4-3-5-11(14)16(23)20-15(12)21/h3-6,9-10,13,22H,7-8H2,1-2H3,(H,19,24)(H,20,23). The van der Waals surface area contributed by atoms with Crippen LogP contribution in [-0.4, -0.2) is 38.3 Å².